The van der Waals surface area contributed by atoms with Crippen LogP contribution in [0.25, 0.3) is 0 Å². The van der Waals surface area contributed by atoms with Gasteiger partial charge in [-0.3, -0.25) is 0 Å². The van der Waals surface area contributed by atoms with Crippen LogP contribution in [0.5, 0.6) is 0 Å². The molecule has 24 heavy (non-hydrogen) atoms. The summed E-state index contributed by atoms with van der Waals surface area (Å²) in [6, 6.07) is 18.5. The number of urea groups is 1. The maximum Gasteiger partial charge on any atom is 0.315 e. The molecule has 2 aromatic rings. The van der Waals surface area contributed by atoms with E-state index in [1.54, 1.807) is 7.11 Å². The van der Waals surface area contributed by atoms with Crippen LogP contribution < -0.4 is 10.6 Å². The summed E-state index contributed by atoms with van der Waals surface area (Å²) in [6.45, 7) is 0.252. The molecule has 128 valence electrons. The van der Waals surface area contributed by atoms with E-state index in [2.05, 4.69) is 10.6 Å². The number of benzene rings is 2. The number of nitrogens with one attached hydrogen (secondary N) is 2. The molecule has 5 heteroatoms. The number of amides is 2. The zero-order valence-electron chi connectivity index (χ0n) is 13.8. The number of aliphatic hydroxyl groups is 1. The van der Waals surface area contributed by atoms with Crippen LogP contribution in [0.15, 0.2) is 60.7 Å². The minimum atomic E-state index is -0.341. The molecule has 0 radical (unpaired) electrons. The van der Waals surface area contributed by atoms with Gasteiger partial charge < -0.3 is 20.5 Å². The first-order chi connectivity index (χ1) is 11.7. The second-order valence-corrected chi connectivity index (χ2v) is 5.61. The van der Waals surface area contributed by atoms with E-state index in [9.17, 15) is 9.90 Å². The number of carbonyl (C=O) groups excluding carboxylic acids is 1. The number of ether oxygens (including phenoxy) is 1. The fourth-order valence-electron chi connectivity index (χ4n) is 2.52. The summed E-state index contributed by atoms with van der Waals surface area (Å²) in [7, 11) is 1.60. The summed E-state index contributed by atoms with van der Waals surface area (Å²) in [5.41, 5.74) is 2.03. The molecule has 0 spiro atoms. The standard InChI is InChI=1S/C19H24N2O3/c1-24-14-18(16-10-6-3-7-11-16)21-19(23)20-17(13-22)12-15-8-4-2-5-9-15/h2-11,17-18,22H,12-14H2,1H3,(H2,20,21,23). The first-order valence-corrected chi connectivity index (χ1v) is 7.98. The van der Waals surface area contributed by atoms with Gasteiger partial charge in [0.2, 0.25) is 0 Å². The Bertz CT molecular complexity index is 605. The Morgan fingerprint density at radius 3 is 2.25 bits per heavy atom. The minimum absolute atomic E-state index is 0.122. The predicted octanol–water partition coefficient (Wildman–Crippen LogP) is 2.28. The zero-order chi connectivity index (χ0) is 17.2. The van der Waals surface area contributed by atoms with Gasteiger partial charge in [-0.15, -0.1) is 0 Å². The van der Waals surface area contributed by atoms with E-state index in [1.807, 2.05) is 60.7 Å². The summed E-state index contributed by atoms with van der Waals surface area (Å²) in [5.74, 6) is 0. The molecular weight excluding hydrogens is 304 g/mol. The lowest BCUT2D eigenvalue weighted by Gasteiger charge is -2.22. The Hall–Kier alpha value is -2.37. The molecule has 3 N–H and O–H groups in total. The lowest BCUT2D eigenvalue weighted by atomic mass is 10.1. The first-order valence-electron chi connectivity index (χ1n) is 7.98. The van der Waals surface area contributed by atoms with Crippen LogP contribution in [0.3, 0.4) is 0 Å². The molecule has 0 aliphatic heterocycles. The van der Waals surface area contributed by atoms with Crippen LogP contribution in [0.4, 0.5) is 4.79 Å². The van der Waals surface area contributed by atoms with Gasteiger partial charge in [0.1, 0.15) is 0 Å². The van der Waals surface area contributed by atoms with Gasteiger partial charge in [-0.25, -0.2) is 4.79 Å². The van der Waals surface area contributed by atoms with E-state index in [-0.39, 0.29) is 24.7 Å². The normalized spacial score (nSPS) is 13.1. The Labute approximate surface area is 142 Å². The quantitative estimate of drug-likeness (QED) is 0.696. The molecule has 0 fully saturated rings. The summed E-state index contributed by atoms with van der Waals surface area (Å²) in [4.78, 5) is 12.3. The van der Waals surface area contributed by atoms with Crippen molar-refractivity contribution in [3.8, 4) is 0 Å². The van der Waals surface area contributed by atoms with E-state index in [0.29, 0.717) is 13.0 Å². The van der Waals surface area contributed by atoms with Gasteiger partial charge in [0, 0.05) is 7.11 Å². The van der Waals surface area contributed by atoms with Gasteiger partial charge in [-0.2, -0.15) is 0 Å². The number of hydrogen-bond donors (Lipinski definition) is 3. The fourth-order valence-corrected chi connectivity index (χ4v) is 2.52. The number of carbonyl (C=O) groups is 1. The van der Waals surface area contributed by atoms with Crippen LogP contribution in [-0.2, 0) is 11.2 Å². The van der Waals surface area contributed by atoms with E-state index < -0.39 is 0 Å². The van der Waals surface area contributed by atoms with Crippen LogP contribution in [0, 0.1) is 0 Å². The predicted molar refractivity (Wildman–Crippen MR) is 93.7 cm³/mol. The molecule has 0 heterocycles. The Morgan fingerprint density at radius 2 is 1.67 bits per heavy atom. The summed E-state index contributed by atoms with van der Waals surface area (Å²) >= 11 is 0. The molecule has 0 aliphatic rings. The van der Waals surface area contributed by atoms with Crippen molar-refractivity contribution in [3.05, 3.63) is 71.8 Å². The minimum Gasteiger partial charge on any atom is -0.394 e. The molecule has 2 amide bonds. The second-order valence-electron chi connectivity index (χ2n) is 5.61. The molecular formula is C19H24N2O3. The van der Waals surface area contributed by atoms with Crippen molar-refractivity contribution in [3.63, 3.8) is 0 Å². The van der Waals surface area contributed by atoms with Crippen LogP contribution in [0.2, 0.25) is 0 Å². The van der Waals surface area contributed by atoms with Crippen molar-refractivity contribution >= 4 is 6.03 Å². The third-order valence-corrected chi connectivity index (χ3v) is 3.72. The number of aliphatic hydroxyl groups excluding tert-OH is 1. The molecule has 5 nitrogen and oxygen atoms in total. The van der Waals surface area contributed by atoms with Crippen molar-refractivity contribution in [2.75, 3.05) is 20.3 Å². The van der Waals surface area contributed by atoms with Crippen molar-refractivity contribution in [2.24, 2.45) is 0 Å². The van der Waals surface area contributed by atoms with Gasteiger partial charge in [0.15, 0.2) is 0 Å². The molecule has 0 saturated carbocycles. The zero-order valence-corrected chi connectivity index (χ0v) is 13.8. The van der Waals surface area contributed by atoms with Gasteiger partial charge in [0.25, 0.3) is 0 Å². The lowest BCUT2D eigenvalue weighted by Crippen LogP contribution is -2.46. The van der Waals surface area contributed by atoms with Gasteiger partial charge in [-0.05, 0) is 17.5 Å². The molecule has 2 rings (SSSR count). The van der Waals surface area contributed by atoms with Crippen LogP contribution in [-0.4, -0.2) is 37.5 Å². The third kappa shape index (κ3) is 5.68. The molecule has 0 saturated heterocycles. The summed E-state index contributed by atoms with van der Waals surface area (Å²) < 4.78 is 5.19. The fraction of sp³-hybridized carbons (Fsp3) is 0.316. The average Bonchev–Trinajstić information content (AvgIpc) is 2.62. The summed E-state index contributed by atoms with van der Waals surface area (Å²) in [6.07, 6.45) is 0.574. The smallest absolute Gasteiger partial charge is 0.315 e. The van der Waals surface area contributed by atoms with Crippen molar-refractivity contribution in [1.29, 1.82) is 0 Å². The maximum atomic E-state index is 12.3. The molecule has 2 unspecified atom stereocenters. The van der Waals surface area contributed by atoms with E-state index >= 15 is 0 Å². The Kier molecular flexibility index (Phi) is 7.26. The highest BCUT2D eigenvalue weighted by atomic mass is 16.5. The highest BCUT2D eigenvalue weighted by Gasteiger charge is 2.17. The molecule has 0 aliphatic carbocycles. The van der Waals surface area contributed by atoms with Gasteiger partial charge in [0.05, 0.1) is 25.3 Å². The van der Waals surface area contributed by atoms with Gasteiger partial charge in [-0.1, -0.05) is 60.7 Å². The SMILES string of the molecule is COCC(NC(=O)NC(CO)Cc1ccccc1)c1ccccc1. The second kappa shape index (κ2) is 9.70. The highest BCUT2D eigenvalue weighted by molar-refractivity contribution is 5.74. The Balaban J connectivity index is 1.94. The van der Waals surface area contributed by atoms with Crippen molar-refractivity contribution in [1.82, 2.24) is 10.6 Å². The van der Waals surface area contributed by atoms with E-state index in [1.165, 1.54) is 0 Å². The van der Waals surface area contributed by atoms with Crippen molar-refractivity contribution < 1.29 is 14.6 Å². The number of hydrogen-bond acceptors (Lipinski definition) is 3. The highest BCUT2D eigenvalue weighted by Crippen LogP contribution is 2.12. The molecule has 2 aromatic carbocycles. The Morgan fingerprint density at radius 1 is 1.04 bits per heavy atom. The van der Waals surface area contributed by atoms with E-state index in [0.717, 1.165) is 11.1 Å². The topological polar surface area (TPSA) is 70.6 Å². The molecule has 0 aromatic heterocycles. The largest absolute Gasteiger partial charge is 0.394 e. The molecule has 2 atom stereocenters. The van der Waals surface area contributed by atoms with Gasteiger partial charge >= 0.3 is 6.03 Å². The third-order valence-electron chi connectivity index (χ3n) is 3.72. The van der Waals surface area contributed by atoms with Crippen LogP contribution >= 0.6 is 0 Å². The summed E-state index contributed by atoms with van der Waals surface area (Å²) in [5, 5.41) is 15.2. The van der Waals surface area contributed by atoms with Crippen LogP contribution in [0.1, 0.15) is 17.2 Å². The number of methoxy groups -OCH3 is 1. The van der Waals surface area contributed by atoms with E-state index in [4.69, 9.17) is 4.74 Å². The molecule has 0 bridgehead atoms. The number of rotatable bonds is 8. The average molecular weight is 328 g/mol. The first kappa shape index (κ1) is 18.0. The van der Waals surface area contributed by atoms with Crippen molar-refractivity contribution in [2.45, 2.75) is 18.5 Å². The maximum absolute atomic E-state index is 12.3. The monoisotopic (exact) mass is 328 g/mol. The lowest BCUT2D eigenvalue weighted by molar-refractivity contribution is 0.163.